The predicted octanol–water partition coefficient (Wildman–Crippen LogP) is 2.25. The van der Waals surface area contributed by atoms with Crippen LogP contribution in [0.4, 0.5) is 0 Å². The van der Waals surface area contributed by atoms with Gasteiger partial charge >= 0.3 is 0 Å². The lowest BCUT2D eigenvalue weighted by Crippen LogP contribution is -2.06. The van der Waals surface area contributed by atoms with E-state index in [0.717, 1.165) is 22.7 Å². The van der Waals surface area contributed by atoms with E-state index in [0.29, 0.717) is 6.54 Å². The highest BCUT2D eigenvalue weighted by molar-refractivity contribution is 7.71. The van der Waals surface area contributed by atoms with Gasteiger partial charge in [0.1, 0.15) is 5.82 Å². The number of aryl methyl sites for hydroxylation is 2. The number of aromatic amines is 1. The van der Waals surface area contributed by atoms with Gasteiger partial charge in [-0.05, 0) is 31.6 Å². The van der Waals surface area contributed by atoms with Crippen molar-refractivity contribution in [3.05, 3.63) is 40.4 Å². The van der Waals surface area contributed by atoms with E-state index >= 15 is 0 Å². The summed E-state index contributed by atoms with van der Waals surface area (Å²) in [5.74, 6) is 0.789. The third kappa shape index (κ3) is 2.19. The summed E-state index contributed by atoms with van der Waals surface area (Å²) in [6.07, 6.45) is 4.69. The number of aromatic nitrogens is 4. The molecule has 0 spiro atoms. The van der Waals surface area contributed by atoms with Crippen molar-refractivity contribution in [2.75, 3.05) is 0 Å². The molecule has 2 aromatic rings. The van der Waals surface area contributed by atoms with Crippen LogP contribution < -0.4 is 0 Å². The van der Waals surface area contributed by atoms with E-state index < -0.39 is 0 Å². The van der Waals surface area contributed by atoms with Gasteiger partial charge in [-0.2, -0.15) is 0 Å². The van der Waals surface area contributed by atoms with Gasteiger partial charge in [0.15, 0.2) is 4.77 Å². The quantitative estimate of drug-likeness (QED) is 0.829. The van der Waals surface area contributed by atoms with Crippen molar-refractivity contribution in [2.24, 2.45) is 0 Å². The Labute approximate surface area is 99.4 Å². The van der Waals surface area contributed by atoms with Gasteiger partial charge in [-0.15, -0.1) is 0 Å². The number of imidazole rings is 1. The number of H-pyrrole nitrogens is 1. The number of hydrogen-bond donors (Lipinski definition) is 1. The molecule has 2 aromatic heterocycles. The molecule has 84 valence electrons. The lowest BCUT2D eigenvalue weighted by Gasteiger charge is -2.06. The summed E-state index contributed by atoms with van der Waals surface area (Å²) in [6, 6.07) is 1.92. The summed E-state index contributed by atoms with van der Waals surface area (Å²) in [7, 11) is 0. The topological polar surface area (TPSA) is 46.5 Å². The Hall–Kier alpha value is -1.49. The molecule has 2 rings (SSSR count). The molecule has 16 heavy (non-hydrogen) atoms. The molecular formula is C11H14N4S. The first-order valence-corrected chi connectivity index (χ1v) is 5.67. The van der Waals surface area contributed by atoms with Gasteiger partial charge in [-0.1, -0.05) is 6.92 Å². The second-order valence-electron chi connectivity index (χ2n) is 3.62. The summed E-state index contributed by atoms with van der Waals surface area (Å²) in [5, 5.41) is 0. The van der Waals surface area contributed by atoms with E-state index in [1.165, 1.54) is 5.69 Å². The van der Waals surface area contributed by atoms with Crippen LogP contribution in [0.15, 0.2) is 18.5 Å². The van der Waals surface area contributed by atoms with Crippen molar-refractivity contribution in [3.63, 3.8) is 0 Å². The summed E-state index contributed by atoms with van der Waals surface area (Å²) >= 11 is 5.24. The molecule has 2 heterocycles. The van der Waals surface area contributed by atoms with Crippen molar-refractivity contribution in [1.29, 1.82) is 0 Å². The second kappa shape index (κ2) is 4.57. The molecule has 0 aliphatic carbocycles. The number of hydrogen-bond acceptors (Lipinski definition) is 3. The molecule has 0 atom stereocenters. The Balaban J connectivity index is 2.33. The summed E-state index contributed by atoms with van der Waals surface area (Å²) < 4.78 is 2.81. The van der Waals surface area contributed by atoms with Gasteiger partial charge in [0.05, 0.1) is 12.2 Å². The number of rotatable bonds is 3. The molecule has 4 nitrogen and oxygen atoms in total. The van der Waals surface area contributed by atoms with Crippen molar-refractivity contribution in [1.82, 2.24) is 19.5 Å². The number of nitrogens with zero attached hydrogens (tertiary/aromatic N) is 3. The third-order valence-corrected chi connectivity index (χ3v) is 2.81. The van der Waals surface area contributed by atoms with Crippen LogP contribution in [0.1, 0.15) is 24.1 Å². The average Bonchev–Trinajstić information content (AvgIpc) is 2.60. The molecule has 0 unspecified atom stereocenters. The Morgan fingerprint density at radius 1 is 1.50 bits per heavy atom. The van der Waals surface area contributed by atoms with Crippen LogP contribution in [0.25, 0.3) is 0 Å². The maximum absolute atomic E-state index is 5.24. The van der Waals surface area contributed by atoms with Gasteiger partial charge in [0.25, 0.3) is 0 Å². The largest absolute Gasteiger partial charge is 0.337 e. The van der Waals surface area contributed by atoms with Gasteiger partial charge in [-0.3, -0.25) is 0 Å². The van der Waals surface area contributed by atoms with E-state index in [4.69, 9.17) is 12.2 Å². The van der Waals surface area contributed by atoms with Crippen LogP contribution >= 0.6 is 12.2 Å². The standard InChI is InChI=1S/C11H14N4S/c1-3-10-6-13-11(16)15(10)7-9-4-5-12-8(2)14-9/h4-6H,3,7H2,1-2H3,(H,13,16). The minimum Gasteiger partial charge on any atom is -0.337 e. The van der Waals surface area contributed by atoms with E-state index in [9.17, 15) is 0 Å². The lowest BCUT2D eigenvalue weighted by atomic mass is 10.3. The van der Waals surface area contributed by atoms with Crippen LogP contribution in [-0.4, -0.2) is 19.5 Å². The first-order chi connectivity index (χ1) is 7.70. The molecular weight excluding hydrogens is 220 g/mol. The first kappa shape index (κ1) is 11.0. The van der Waals surface area contributed by atoms with E-state index in [1.807, 2.05) is 19.2 Å². The fourth-order valence-electron chi connectivity index (χ4n) is 1.65. The Kier molecular flexibility index (Phi) is 3.14. The van der Waals surface area contributed by atoms with Gasteiger partial charge < -0.3 is 9.55 Å². The smallest absolute Gasteiger partial charge is 0.177 e. The molecule has 0 fully saturated rings. The Bertz CT molecular complexity index is 541. The fourth-order valence-corrected chi connectivity index (χ4v) is 1.89. The van der Waals surface area contributed by atoms with Crippen molar-refractivity contribution in [2.45, 2.75) is 26.8 Å². The zero-order chi connectivity index (χ0) is 11.5. The van der Waals surface area contributed by atoms with Crippen molar-refractivity contribution < 1.29 is 0 Å². The SMILES string of the molecule is CCc1c[nH]c(=S)n1Cc1ccnc(C)n1. The highest BCUT2D eigenvalue weighted by Crippen LogP contribution is 2.06. The lowest BCUT2D eigenvalue weighted by molar-refractivity contribution is 0.713. The third-order valence-electron chi connectivity index (χ3n) is 2.47. The zero-order valence-corrected chi connectivity index (χ0v) is 10.2. The first-order valence-electron chi connectivity index (χ1n) is 5.26. The molecule has 1 N–H and O–H groups in total. The van der Waals surface area contributed by atoms with Crippen LogP contribution in [0.5, 0.6) is 0 Å². The minimum absolute atomic E-state index is 0.703. The summed E-state index contributed by atoms with van der Waals surface area (Å²) in [6.45, 7) is 4.70. The van der Waals surface area contributed by atoms with E-state index in [1.54, 1.807) is 6.20 Å². The molecule has 0 aliphatic heterocycles. The number of nitrogens with one attached hydrogen (secondary N) is 1. The molecule has 0 saturated heterocycles. The Morgan fingerprint density at radius 3 is 3.00 bits per heavy atom. The van der Waals surface area contributed by atoms with Crippen molar-refractivity contribution in [3.8, 4) is 0 Å². The molecule has 0 aliphatic rings. The van der Waals surface area contributed by atoms with E-state index in [-0.39, 0.29) is 0 Å². The average molecular weight is 234 g/mol. The monoisotopic (exact) mass is 234 g/mol. The van der Waals surface area contributed by atoms with Gasteiger partial charge in [0, 0.05) is 18.1 Å². The highest BCUT2D eigenvalue weighted by Gasteiger charge is 2.04. The summed E-state index contributed by atoms with van der Waals surface area (Å²) in [4.78, 5) is 11.5. The molecule has 0 saturated carbocycles. The van der Waals surface area contributed by atoms with Gasteiger partial charge in [-0.25, -0.2) is 9.97 Å². The van der Waals surface area contributed by atoms with Crippen LogP contribution in [0.3, 0.4) is 0 Å². The Morgan fingerprint density at radius 2 is 2.31 bits per heavy atom. The minimum atomic E-state index is 0.703. The highest BCUT2D eigenvalue weighted by atomic mass is 32.1. The normalized spacial score (nSPS) is 10.6. The van der Waals surface area contributed by atoms with E-state index in [2.05, 4.69) is 26.4 Å². The van der Waals surface area contributed by atoms with Gasteiger partial charge in [0.2, 0.25) is 0 Å². The molecule has 5 heteroatoms. The molecule has 0 amide bonds. The predicted molar refractivity (Wildman–Crippen MR) is 64.9 cm³/mol. The van der Waals surface area contributed by atoms with Crippen LogP contribution in [0, 0.1) is 11.7 Å². The molecule has 0 aromatic carbocycles. The zero-order valence-electron chi connectivity index (χ0n) is 9.40. The molecule has 0 radical (unpaired) electrons. The summed E-state index contributed by atoms with van der Waals surface area (Å²) in [5.41, 5.74) is 2.18. The molecule has 0 bridgehead atoms. The van der Waals surface area contributed by atoms with Crippen molar-refractivity contribution >= 4 is 12.2 Å². The van der Waals surface area contributed by atoms with Crippen LogP contribution in [0.2, 0.25) is 0 Å². The fraction of sp³-hybridized carbons (Fsp3) is 0.364. The maximum atomic E-state index is 5.24. The van der Waals surface area contributed by atoms with Crippen LogP contribution in [-0.2, 0) is 13.0 Å². The second-order valence-corrected chi connectivity index (χ2v) is 4.01. The maximum Gasteiger partial charge on any atom is 0.177 e.